The summed E-state index contributed by atoms with van der Waals surface area (Å²) >= 11 is 0. The monoisotopic (exact) mass is 638 g/mol. The van der Waals surface area contributed by atoms with Gasteiger partial charge in [0.2, 0.25) is 0 Å². The van der Waals surface area contributed by atoms with E-state index < -0.39 is 5.60 Å². The van der Waals surface area contributed by atoms with Crippen LogP contribution < -0.4 is 10.5 Å². The van der Waals surface area contributed by atoms with E-state index in [0.717, 1.165) is 98.7 Å². The molecule has 0 bridgehead atoms. The molecule has 2 N–H and O–H groups in total. The van der Waals surface area contributed by atoms with Gasteiger partial charge >= 0.3 is 6.09 Å². The maximum atomic E-state index is 12.4. The van der Waals surface area contributed by atoms with Crippen molar-refractivity contribution >= 4 is 22.9 Å². The Kier molecular flexibility index (Phi) is 8.52. The SMILES string of the molecule is Cc1ccc(Oc2ccc(-c3nn(C4CCN(C5CCN(C6CN(C(=O)OC(C)(C)C)C6)CC5)CC4)c4ncnc(N)c34)cc2)cc1. The number of aryl methyl sites for hydroxylation is 1. The van der Waals surface area contributed by atoms with Crippen LogP contribution in [0.25, 0.3) is 22.3 Å². The third-order valence-electron chi connectivity index (χ3n) is 9.79. The largest absolute Gasteiger partial charge is 0.457 e. The molecule has 47 heavy (non-hydrogen) atoms. The van der Waals surface area contributed by atoms with Crippen molar-refractivity contribution in [2.75, 3.05) is 45.0 Å². The number of piperidine rings is 2. The van der Waals surface area contributed by atoms with Gasteiger partial charge in [-0.3, -0.25) is 4.90 Å². The predicted molar refractivity (Wildman–Crippen MR) is 182 cm³/mol. The highest BCUT2D eigenvalue weighted by atomic mass is 16.6. The summed E-state index contributed by atoms with van der Waals surface area (Å²) in [6.45, 7) is 13.6. The molecule has 3 aliphatic heterocycles. The van der Waals surface area contributed by atoms with Crippen LogP contribution in [0.15, 0.2) is 54.9 Å². The molecule has 248 valence electrons. The number of nitrogens with two attached hydrogens (primary N) is 1. The molecule has 1 amide bonds. The Morgan fingerprint density at radius 1 is 0.809 bits per heavy atom. The van der Waals surface area contributed by atoms with Crippen LogP contribution in [0, 0.1) is 6.92 Å². The summed E-state index contributed by atoms with van der Waals surface area (Å²) in [5, 5.41) is 5.92. The Morgan fingerprint density at radius 3 is 2.00 bits per heavy atom. The maximum absolute atomic E-state index is 12.4. The lowest BCUT2D eigenvalue weighted by atomic mass is 9.96. The van der Waals surface area contributed by atoms with Gasteiger partial charge in [0.1, 0.15) is 34.9 Å². The Morgan fingerprint density at radius 2 is 1.38 bits per heavy atom. The summed E-state index contributed by atoms with van der Waals surface area (Å²) in [5.41, 5.74) is 9.72. The molecule has 2 aromatic carbocycles. The normalized spacial score (nSPS) is 19.2. The molecule has 7 rings (SSSR count). The van der Waals surface area contributed by atoms with Crippen molar-refractivity contribution in [3.8, 4) is 22.8 Å². The number of amides is 1. The molecular formula is C36H46N8O3. The summed E-state index contributed by atoms with van der Waals surface area (Å²) in [7, 11) is 0. The summed E-state index contributed by atoms with van der Waals surface area (Å²) in [4.78, 5) is 28.4. The average molecular weight is 639 g/mol. The van der Waals surface area contributed by atoms with E-state index in [-0.39, 0.29) is 12.1 Å². The molecule has 0 unspecified atom stereocenters. The fourth-order valence-corrected chi connectivity index (χ4v) is 7.15. The maximum Gasteiger partial charge on any atom is 0.410 e. The highest BCUT2D eigenvalue weighted by Crippen LogP contribution is 2.36. The van der Waals surface area contributed by atoms with Crippen LogP contribution in [0.2, 0.25) is 0 Å². The molecule has 0 aliphatic carbocycles. The predicted octanol–water partition coefficient (Wildman–Crippen LogP) is 5.90. The van der Waals surface area contributed by atoms with Gasteiger partial charge in [0.05, 0.1) is 11.4 Å². The minimum Gasteiger partial charge on any atom is -0.457 e. The van der Waals surface area contributed by atoms with Crippen LogP contribution in [0.5, 0.6) is 11.5 Å². The van der Waals surface area contributed by atoms with Crippen LogP contribution in [0.1, 0.15) is 58.1 Å². The van der Waals surface area contributed by atoms with E-state index in [0.29, 0.717) is 17.9 Å². The van der Waals surface area contributed by atoms with Crippen molar-refractivity contribution in [2.45, 2.75) is 77.1 Å². The number of hydrogen-bond acceptors (Lipinski definition) is 9. The van der Waals surface area contributed by atoms with E-state index in [2.05, 4.69) is 31.4 Å². The number of fused-ring (bicyclic) bond motifs is 1. The van der Waals surface area contributed by atoms with Crippen molar-refractivity contribution in [2.24, 2.45) is 0 Å². The summed E-state index contributed by atoms with van der Waals surface area (Å²) < 4.78 is 13.7. The first-order valence-electron chi connectivity index (χ1n) is 16.9. The van der Waals surface area contributed by atoms with Gasteiger partial charge in [0, 0.05) is 56.9 Å². The fourth-order valence-electron chi connectivity index (χ4n) is 7.15. The minimum absolute atomic E-state index is 0.195. The fraction of sp³-hybridized carbons (Fsp3) is 0.500. The molecule has 0 saturated carbocycles. The Balaban J connectivity index is 0.961. The Bertz CT molecular complexity index is 1690. The average Bonchev–Trinajstić information content (AvgIpc) is 3.42. The number of ether oxygens (including phenoxy) is 2. The summed E-state index contributed by atoms with van der Waals surface area (Å²) in [5.74, 6) is 2.01. The highest BCUT2D eigenvalue weighted by Gasteiger charge is 2.39. The third kappa shape index (κ3) is 6.78. The van der Waals surface area contributed by atoms with Gasteiger partial charge in [-0.05, 0) is 89.8 Å². The lowest BCUT2D eigenvalue weighted by molar-refractivity contribution is -0.0259. The van der Waals surface area contributed by atoms with Gasteiger partial charge in [-0.15, -0.1) is 0 Å². The van der Waals surface area contributed by atoms with Crippen LogP contribution >= 0.6 is 0 Å². The second-order valence-corrected chi connectivity index (χ2v) is 14.3. The molecular weight excluding hydrogens is 592 g/mol. The van der Waals surface area contributed by atoms with Gasteiger partial charge in [-0.1, -0.05) is 17.7 Å². The highest BCUT2D eigenvalue weighted by molar-refractivity contribution is 5.98. The molecule has 0 radical (unpaired) electrons. The van der Waals surface area contributed by atoms with E-state index in [1.54, 1.807) is 0 Å². The zero-order valence-corrected chi connectivity index (χ0v) is 27.9. The second-order valence-electron chi connectivity index (χ2n) is 14.3. The van der Waals surface area contributed by atoms with Crippen molar-refractivity contribution in [3.05, 3.63) is 60.4 Å². The van der Waals surface area contributed by atoms with Crippen LogP contribution in [-0.2, 0) is 4.74 Å². The molecule has 4 aromatic rings. The first kappa shape index (κ1) is 31.4. The summed E-state index contributed by atoms with van der Waals surface area (Å²) in [6, 6.07) is 17.3. The third-order valence-corrected chi connectivity index (χ3v) is 9.79. The minimum atomic E-state index is -0.452. The molecule has 3 aliphatic rings. The number of carbonyl (C=O) groups is 1. The zero-order chi connectivity index (χ0) is 32.7. The van der Waals surface area contributed by atoms with E-state index in [4.69, 9.17) is 20.3 Å². The Hall–Kier alpha value is -4.22. The lowest BCUT2D eigenvalue weighted by Crippen LogP contribution is -2.63. The quantitative estimate of drug-likeness (QED) is 0.276. The van der Waals surface area contributed by atoms with E-state index in [9.17, 15) is 4.79 Å². The van der Waals surface area contributed by atoms with E-state index >= 15 is 0 Å². The van der Waals surface area contributed by atoms with Crippen molar-refractivity contribution in [1.82, 2.24) is 34.4 Å². The van der Waals surface area contributed by atoms with Gasteiger partial charge < -0.3 is 25.0 Å². The molecule has 0 atom stereocenters. The first-order valence-corrected chi connectivity index (χ1v) is 16.9. The number of anilines is 1. The topological polar surface area (TPSA) is 115 Å². The van der Waals surface area contributed by atoms with Crippen LogP contribution in [0.4, 0.5) is 10.6 Å². The standard InChI is InChI=1S/C36H46N8O3/c1-24-5-9-29(10-6-24)46-30-11-7-25(8-12-30)32-31-33(37)38-23-39-34(31)44(40-32)27-15-19-41(20-16-27)26-13-17-42(18-14-26)28-21-43(22-28)35(45)47-36(2,3)4/h5-12,23,26-28H,13-22H2,1-4H3,(H2,37,38,39). The molecule has 11 nitrogen and oxygen atoms in total. The molecule has 3 saturated heterocycles. The number of benzene rings is 2. The number of likely N-dealkylation sites (tertiary alicyclic amines) is 3. The molecule has 0 spiro atoms. The molecule has 3 fully saturated rings. The Labute approximate surface area is 276 Å². The van der Waals surface area contributed by atoms with Gasteiger partial charge in [0.15, 0.2) is 5.65 Å². The summed E-state index contributed by atoms with van der Waals surface area (Å²) in [6.07, 6.45) is 5.69. The van der Waals surface area contributed by atoms with Gasteiger partial charge in [-0.25, -0.2) is 19.4 Å². The number of nitrogens with zero attached hydrogens (tertiary/aromatic N) is 7. The number of hydrogen-bond donors (Lipinski definition) is 1. The molecule has 11 heteroatoms. The van der Waals surface area contributed by atoms with Gasteiger partial charge in [-0.2, -0.15) is 5.10 Å². The van der Waals surface area contributed by atoms with Crippen LogP contribution in [-0.4, -0.2) is 97.5 Å². The number of carbonyl (C=O) groups excluding carboxylic acids is 1. The van der Waals surface area contributed by atoms with E-state index in [1.165, 1.54) is 11.9 Å². The smallest absolute Gasteiger partial charge is 0.410 e. The molecule has 5 heterocycles. The first-order chi connectivity index (χ1) is 22.6. The number of rotatable bonds is 6. The van der Waals surface area contributed by atoms with Crippen molar-refractivity contribution in [1.29, 1.82) is 0 Å². The lowest BCUT2D eigenvalue weighted by Gasteiger charge is -2.49. The second kappa shape index (κ2) is 12.8. The number of aromatic nitrogens is 4. The zero-order valence-electron chi connectivity index (χ0n) is 27.9. The van der Waals surface area contributed by atoms with E-state index in [1.807, 2.05) is 74.2 Å². The number of nitrogen functional groups attached to an aromatic ring is 1. The molecule has 2 aromatic heterocycles. The van der Waals surface area contributed by atoms with Gasteiger partial charge in [0.25, 0.3) is 0 Å². The van der Waals surface area contributed by atoms with Crippen LogP contribution in [0.3, 0.4) is 0 Å². The van der Waals surface area contributed by atoms with Crippen molar-refractivity contribution < 1.29 is 14.3 Å². The van der Waals surface area contributed by atoms with Crippen molar-refractivity contribution in [3.63, 3.8) is 0 Å².